The van der Waals surface area contributed by atoms with Crippen LogP contribution in [0.5, 0.6) is 0 Å². The molecule has 0 saturated carbocycles. The van der Waals surface area contributed by atoms with Gasteiger partial charge < -0.3 is 9.15 Å². The number of hydrogen-bond donors (Lipinski definition) is 0. The number of furan rings is 1. The molecule has 0 fully saturated rings. The van der Waals surface area contributed by atoms with Crippen LogP contribution < -0.4 is 0 Å². The first-order chi connectivity index (χ1) is 3.93. The van der Waals surface area contributed by atoms with E-state index in [-0.39, 0.29) is 17.4 Å². The predicted octanol–water partition coefficient (Wildman–Crippen LogP) is 1.42. The average Bonchev–Trinajstić information content (AvgIpc) is 2.19. The topological polar surface area (TPSA) is 22.4 Å². The molecule has 0 aliphatic carbocycles. The minimum atomic E-state index is 0. The van der Waals surface area contributed by atoms with E-state index in [1.807, 2.05) is 12.1 Å². The van der Waals surface area contributed by atoms with Gasteiger partial charge in [0.25, 0.3) is 0 Å². The Balaban J connectivity index is 0.000000640. The minimum Gasteiger partial charge on any atom is -0.467 e. The van der Waals surface area contributed by atoms with Crippen molar-refractivity contribution in [1.82, 2.24) is 0 Å². The Hall–Kier alpha value is -0.228. The first kappa shape index (κ1) is 8.77. The molecule has 0 aliphatic heterocycles. The maximum Gasteiger partial charge on any atom is 0.129 e. The van der Waals surface area contributed by atoms with Crippen molar-refractivity contribution in [2.75, 3.05) is 7.11 Å². The fourth-order valence-electron chi connectivity index (χ4n) is 0.537. The van der Waals surface area contributed by atoms with Crippen molar-refractivity contribution in [1.29, 1.82) is 0 Å². The van der Waals surface area contributed by atoms with Crippen LogP contribution in [0.25, 0.3) is 0 Å². The second kappa shape index (κ2) is 4.63. The molecule has 9 heavy (non-hydrogen) atoms. The minimum absolute atomic E-state index is 0. The van der Waals surface area contributed by atoms with Crippen LogP contribution in [0.2, 0.25) is 0 Å². The van der Waals surface area contributed by atoms with Crippen LogP contribution >= 0.6 is 0 Å². The Morgan fingerprint density at radius 1 is 1.67 bits per heavy atom. The molecule has 50 valence electrons. The summed E-state index contributed by atoms with van der Waals surface area (Å²) in [5.74, 6) is 0.868. The first-order valence-corrected chi connectivity index (χ1v) is 2.45. The van der Waals surface area contributed by atoms with Gasteiger partial charge in [0.2, 0.25) is 0 Å². The van der Waals surface area contributed by atoms with E-state index >= 15 is 0 Å². The van der Waals surface area contributed by atoms with Gasteiger partial charge in [-0.3, -0.25) is 0 Å². The average molecular weight is 164 g/mol. The van der Waals surface area contributed by atoms with Crippen LogP contribution in [0.15, 0.2) is 22.8 Å². The predicted molar refractivity (Wildman–Crippen MR) is 29.4 cm³/mol. The molecule has 0 unspecified atom stereocenters. The van der Waals surface area contributed by atoms with Gasteiger partial charge in [0.15, 0.2) is 0 Å². The van der Waals surface area contributed by atoms with Crippen LogP contribution in [0, 0.1) is 0 Å². The maximum absolute atomic E-state index is 4.95. The number of rotatable bonds is 2. The third kappa shape index (κ3) is 2.71. The van der Waals surface area contributed by atoms with Crippen LogP contribution in [0.3, 0.4) is 0 Å². The molecule has 1 aromatic heterocycles. The van der Waals surface area contributed by atoms with Crippen LogP contribution in [0.1, 0.15) is 5.76 Å². The van der Waals surface area contributed by atoms with Gasteiger partial charge in [0, 0.05) is 24.5 Å². The van der Waals surface area contributed by atoms with Gasteiger partial charge in [-0.2, -0.15) is 0 Å². The van der Waals surface area contributed by atoms with Crippen molar-refractivity contribution in [2.45, 2.75) is 6.61 Å². The van der Waals surface area contributed by atoms with Crippen LogP contribution in [-0.2, 0) is 28.7 Å². The van der Waals surface area contributed by atoms with E-state index in [2.05, 4.69) is 0 Å². The second-order valence-electron chi connectivity index (χ2n) is 1.51. The number of methoxy groups -OCH3 is 1. The molecule has 0 radical (unpaired) electrons. The van der Waals surface area contributed by atoms with Gasteiger partial charge in [-0.05, 0) is 12.1 Å². The Morgan fingerprint density at radius 2 is 2.44 bits per heavy atom. The Labute approximate surface area is 64.9 Å². The van der Waals surface area contributed by atoms with E-state index in [1.54, 1.807) is 13.4 Å². The summed E-state index contributed by atoms with van der Waals surface area (Å²) < 4.78 is 9.74. The van der Waals surface area contributed by atoms with E-state index in [0.29, 0.717) is 6.61 Å². The number of hydrogen-bond acceptors (Lipinski definition) is 2. The zero-order valence-corrected chi connectivity index (χ0v) is 6.44. The SMILES string of the molecule is COCc1ccco1.[Cr]. The summed E-state index contributed by atoms with van der Waals surface area (Å²) in [5, 5.41) is 0. The fraction of sp³-hybridized carbons (Fsp3) is 0.333. The molecule has 1 heterocycles. The Bertz CT molecular complexity index is 137. The molecule has 0 N–H and O–H groups in total. The number of ether oxygens (including phenoxy) is 1. The molecular formula is C6H8CrO2. The maximum atomic E-state index is 4.95. The zero-order chi connectivity index (χ0) is 5.82. The Morgan fingerprint density at radius 3 is 2.89 bits per heavy atom. The van der Waals surface area contributed by atoms with Crippen molar-refractivity contribution in [3.05, 3.63) is 24.2 Å². The molecule has 0 saturated heterocycles. The van der Waals surface area contributed by atoms with Crippen LogP contribution in [-0.4, -0.2) is 7.11 Å². The summed E-state index contributed by atoms with van der Waals surface area (Å²) in [5.41, 5.74) is 0. The summed E-state index contributed by atoms with van der Waals surface area (Å²) in [4.78, 5) is 0. The molecular weight excluding hydrogens is 156 g/mol. The third-order valence-corrected chi connectivity index (χ3v) is 0.867. The van der Waals surface area contributed by atoms with Gasteiger partial charge in [0.05, 0.1) is 6.26 Å². The third-order valence-electron chi connectivity index (χ3n) is 0.867. The zero-order valence-electron chi connectivity index (χ0n) is 5.16. The van der Waals surface area contributed by atoms with E-state index < -0.39 is 0 Å². The van der Waals surface area contributed by atoms with Gasteiger partial charge >= 0.3 is 0 Å². The molecule has 3 heteroatoms. The molecule has 2 nitrogen and oxygen atoms in total. The van der Waals surface area contributed by atoms with Gasteiger partial charge in [-0.1, -0.05) is 0 Å². The van der Waals surface area contributed by atoms with Gasteiger partial charge in [-0.15, -0.1) is 0 Å². The van der Waals surface area contributed by atoms with Gasteiger partial charge in [-0.25, -0.2) is 0 Å². The quantitative estimate of drug-likeness (QED) is 0.659. The second-order valence-corrected chi connectivity index (χ2v) is 1.51. The normalized spacial score (nSPS) is 8.56. The van der Waals surface area contributed by atoms with Crippen molar-refractivity contribution >= 4 is 0 Å². The van der Waals surface area contributed by atoms with Crippen molar-refractivity contribution in [3.8, 4) is 0 Å². The summed E-state index contributed by atoms with van der Waals surface area (Å²) in [6.45, 7) is 0.562. The fourth-order valence-corrected chi connectivity index (χ4v) is 0.537. The van der Waals surface area contributed by atoms with Crippen molar-refractivity contribution < 1.29 is 26.5 Å². The van der Waals surface area contributed by atoms with E-state index in [9.17, 15) is 0 Å². The molecule has 0 spiro atoms. The van der Waals surface area contributed by atoms with E-state index in [0.717, 1.165) is 5.76 Å². The molecule has 0 amide bonds. The molecule has 1 rings (SSSR count). The Kier molecular flexibility index (Phi) is 4.52. The smallest absolute Gasteiger partial charge is 0.129 e. The summed E-state index contributed by atoms with van der Waals surface area (Å²) >= 11 is 0. The van der Waals surface area contributed by atoms with Gasteiger partial charge in [0.1, 0.15) is 12.4 Å². The van der Waals surface area contributed by atoms with Crippen molar-refractivity contribution in [3.63, 3.8) is 0 Å². The largest absolute Gasteiger partial charge is 0.467 e. The summed E-state index contributed by atoms with van der Waals surface area (Å²) in [7, 11) is 1.64. The molecule has 0 bridgehead atoms. The summed E-state index contributed by atoms with van der Waals surface area (Å²) in [6.07, 6.45) is 1.63. The summed E-state index contributed by atoms with van der Waals surface area (Å²) in [6, 6.07) is 3.72. The molecule has 0 aliphatic rings. The van der Waals surface area contributed by atoms with Crippen molar-refractivity contribution in [2.24, 2.45) is 0 Å². The molecule has 1 aromatic rings. The molecule has 0 atom stereocenters. The van der Waals surface area contributed by atoms with E-state index in [1.165, 1.54) is 0 Å². The monoisotopic (exact) mass is 164 g/mol. The molecule has 0 aromatic carbocycles. The standard InChI is InChI=1S/C6H8O2.Cr/c1-7-5-6-3-2-4-8-6;/h2-4H,5H2,1H3;. The van der Waals surface area contributed by atoms with Crippen LogP contribution in [0.4, 0.5) is 0 Å². The van der Waals surface area contributed by atoms with E-state index in [4.69, 9.17) is 9.15 Å². The first-order valence-electron chi connectivity index (χ1n) is 2.45.